The molecule has 1 saturated carbocycles. The van der Waals surface area contributed by atoms with Crippen molar-refractivity contribution in [2.24, 2.45) is 0 Å². The number of likely N-dealkylation sites (N-methyl/N-ethyl adjacent to an activating group) is 1. The van der Waals surface area contributed by atoms with Crippen LogP contribution >= 0.6 is 0 Å². The normalized spacial score (nSPS) is 20.5. The molecule has 0 saturated heterocycles. The van der Waals surface area contributed by atoms with Gasteiger partial charge in [0.05, 0.1) is 6.61 Å². The molecule has 1 unspecified atom stereocenters. The molecule has 0 aromatic heterocycles. The highest BCUT2D eigenvalue weighted by Gasteiger charge is 2.12. The summed E-state index contributed by atoms with van der Waals surface area (Å²) in [6.45, 7) is 5.26. The first-order chi connectivity index (χ1) is 8.24. The van der Waals surface area contributed by atoms with Crippen molar-refractivity contribution in [2.75, 3.05) is 33.9 Å². The fourth-order valence-corrected chi connectivity index (χ4v) is 2.52. The number of methoxy groups -OCH3 is 1. The molecule has 0 aromatic rings. The lowest BCUT2D eigenvalue weighted by molar-refractivity contribution is 0.115. The van der Waals surface area contributed by atoms with Crippen LogP contribution in [-0.2, 0) is 4.74 Å². The Bertz CT molecular complexity index is 179. The van der Waals surface area contributed by atoms with E-state index in [9.17, 15) is 0 Å². The van der Waals surface area contributed by atoms with Crippen molar-refractivity contribution in [3.05, 3.63) is 0 Å². The van der Waals surface area contributed by atoms with Crippen LogP contribution in [0.3, 0.4) is 0 Å². The van der Waals surface area contributed by atoms with E-state index in [4.69, 9.17) is 4.74 Å². The van der Waals surface area contributed by atoms with Crippen LogP contribution in [0.1, 0.15) is 45.4 Å². The number of hydrogen-bond donors (Lipinski definition) is 1. The van der Waals surface area contributed by atoms with Crippen LogP contribution in [0.2, 0.25) is 0 Å². The molecule has 1 aliphatic rings. The lowest BCUT2D eigenvalue weighted by Crippen LogP contribution is -2.40. The van der Waals surface area contributed by atoms with Gasteiger partial charge in [-0.2, -0.15) is 0 Å². The van der Waals surface area contributed by atoms with Crippen LogP contribution < -0.4 is 5.32 Å². The van der Waals surface area contributed by atoms with E-state index >= 15 is 0 Å². The van der Waals surface area contributed by atoms with Crippen molar-refractivity contribution in [3.8, 4) is 0 Å². The number of ether oxygens (including phenoxy) is 1. The van der Waals surface area contributed by atoms with Gasteiger partial charge in [0.25, 0.3) is 0 Å². The molecule has 0 amide bonds. The second-order valence-corrected chi connectivity index (χ2v) is 5.43. The van der Waals surface area contributed by atoms with Crippen LogP contribution in [0.15, 0.2) is 0 Å². The largest absolute Gasteiger partial charge is 0.383 e. The Hall–Kier alpha value is -0.120. The number of nitrogens with one attached hydrogen (secondary N) is 1. The van der Waals surface area contributed by atoms with Gasteiger partial charge in [-0.05, 0) is 26.8 Å². The lowest BCUT2D eigenvalue weighted by atomic mass is 10.1. The Morgan fingerprint density at radius 3 is 2.47 bits per heavy atom. The van der Waals surface area contributed by atoms with E-state index < -0.39 is 0 Å². The summed E-state index contributed by atoms with van der Waals surface area (Å²) < 4.78 is 5.18. The zero-order valence-electron chi connectivity index (χ0n) is 11.9. The molecule has 0 bridgehead atoms. The molecule has 0 aliphatic heterocycles. The standard InChI is InChI=1S/C14H30N2O/c1-13(12-17-3)16(2)11-10-15-14-8-6-4-5-7-9-14/h13-15H,4-12H2,1-3H3. The molecule has 1 atom stereocenters. The molecule has 3 nitrogen and oxygen atoms in total. The summed E-state index contributed by atoms with van der Waals surface area (Å²) >= 11 is 0. The smallest absolute Gasteiger partial charge is 0.0615 e. The fraction of sp³-hybridized carbons (Fsp3) is 1.00. The summed E-state index contributed by atoms with van der Waals surface area (Å²) in [6.07, 6.45) is 8.43. The van der Waals surface area contributed by atoms with E-state index in [0.29, 0.717) is 6.04 Å². The van der Waals surface area contributed by atoms with E-state index in [1.807, 2.05) is 0 Å². The van der Waals surface area contributed by atoms with E-state index in [1.54, 1.807) is 7.11 Å². The Balaban J connectivity index is 2.09. The van der Waals surface area contributed by atoms with E-state index in [-0.39, 0.29) is 0 Å². The minimum Gasteiger partial charge on any atom is -0.383 e. The van der Waals surface area contributed by atoms with Gasteiger partial charge >= 0.3 is 0 Å². The van der Waals surface area contributed by atoms with Crippen molar-refractivity contribution < 1.29 is 4.74 Å². The van der Waals surface area contributed by atoms with E-state index in [0.717, 1.165) is 25.7 Å². The highest BCUT2D eigenvalue weighted by molar-refractivity contribution is 4.72. The maximum atomic E-state index is 5.18. The van der Waals surface area contributed by atoms with Gasteiger partial charge < -0.3 is 15.0 Å². The van der Waals surface area contributed by atoms with Gasteiger partial charge in [0.2, 0.25) is 0 Å². The number of hydrogen-bond acceptors (Lipinski definition) is 3. The van der Waals surface area contributed by atoms with Crippen molar-refractivity contribution in [1.29, 1.82) is 0 Å². The Labute approximate surface area is 107 Å². The van der Waals surface area contributed by atoms with Crippen LogP contribution in [0, 0.1) is 0 Å². The summed E-state index contributed by atoms with van der Waals surface area (Å²) in [4.78, 5) is 2.37. The first-order valence-electron chi connectivity index (χ1n) is 7.16. The van der Waals surface area contributed by atoms with Crippen LogP contribution in [0.5, 0.6) is 0 Å². The minimum absolute atomic E-state index is 0.510. The molecule has 1 fully saturated rings. The maximum absolute atomic E-state index is 5.18. The van der Waals surface area contributed by atoms with Crippen LogP contribution in [0.25, 0.3) is 0 Å². The van der Waals surface area contributed by atoms with Crippen molar-refractivity contribution >= 4 is 0 Å². The van der Waals surface area contributed by atoms with E-state index in [2.05, 4.69) is 24.2 Å². The second kappa shape index (κ2) is 8.90. The molecule has 102 valence electrons. The average molecular weight is 242 g/mol. The van der Waals surface area contributed by atoms with E-state index in [1.165, 1.54) is 38.5 Å². The second-order valence-electron chi connectivity index (χ2n) is 5.43. The van der Waals surface area contributed by atoms with Gasteiger partial charge in [0.15, 0.2) is 0 Å². The molecule has 0 radical (unpaired) electrons. The van der Waals surface area contributed by atoms with Gasteiger partial charge in [-0.15, -0.1) is 0 Å². The molecule has 1 N–H and O–H groups in total. The van der Waals surface area contributed by atoms with Gasteiger partial charge in [0, 0.05) is 32.3 Å². The summed E-state index contributed by atoms with van der Waals surface area (Å²) in [5, 5.41) is 3.71. The molecule has 1 rings (SSSR count). The minimum atomic E-state index is 0.510. The summed E-state index contributed by atoms with van der Waals surface area (Å²) in [5.74, 6) is 0. The zero-order valence-corrected chi connectivity index (χ0v) is 11.9. The molecular weight excluding hydrogens is 212 g/mol. The molecule has 0 heterocycles. The summed E-state index contributed by atoms with van der Waals surface area (Å²) in [6, 6.07) is 1.28. The fourth-order valence-electron chi connectivity index (χ4n) is 2.52. The third-order valence-electron chi connectivity index (χ3n) is 3.91. The predicted molar refractivity (Wildman–Crippen MR) is 73.5 cm³/mol. The SMILES string of the molecule is COCC(C)N(C)CCNC1CCCCCC1. The maximum Gasteiger partial charge on any atom is 0.0615 e. The molecular formula is C14H30N2O. The van der Waals surface area contributed by atoms with Crippen LogP contribution in [-0.4, -0.2) is 50.8 Å². The molecule has 3 heteroatoms. The predicted octanol–water partition coefficient (Wildman–Crippen LogP) is 2.27. The van der Waals surface area contributed by atoms with Gasteiger partial charge in [0.1, 0.15) is 0 Å². The topological polar surface area (TPSA) is 24.5 Å². The highest BCUT2D eigenvalue weighted by Crippen LogP contribution is 2.16. The Kier molecular flexibility index (Phi) is 7.82. The van der Waals surface area contributed by atoms with Gasteiger partial charge in [-0.25, -0.2) is 0 Å². The highest BCUT2D eigenvalue weighted by atomic mass is 16.5. The Morgan fingerprint density at radius 1 is 1.24 bits per heavy atom. The van der Waals surface area contributed by atoms with Crippen LogP contribution in [0.4, 0.5) is 0 Å². The zero-order chi connectivity index (χ0) is 12.5. The quantitative estimate of drug-likeness (QED) is 0.693. The number of rotatable bonds is 7. The molecule has 0 spiro atoms. The average Bonchev–Trinajstić information content (AvgIpc) is 2.58. The van der Waals surface area contributed by atoms with Crippen molar-refractivity contribution in [1.82, 2.24) is 10.2 Å². The third-order valence-corrected chi connectivity index (χ3v) is 3.91. The molecule has 17 heavy (non-hydrogen) atoms. The number of nitrogens with zero attached hydrogens (tertiary/aromatic N) is 1. The summed E-state index contributed by atoms with van der Waals surface area (Å²) in [5.41, 5.74) is 0. The lowest BCUT2D eigenvalue weighted by Gasteiger charge is -2.25. The monoisotopic (exact) mass is 242 g/mol. The Morgan fingerprint density at radius 2 is 1.88 bits per heavy atom. The first-order valence-corrected chi connectivity index (χ1v) is 7.16. The van der Waals surface area contributed by atoms with Crippen molar-refractivity contribution in [2.45, 2.75) is 57.5 Å². The summed E-state index contributed by atoms with van der Waals surface area (Å²) in [7, 11) is 3.95. The first kappa shape index (κ1) is 14.9. The van der Waals surface area contributed by atoms with Crippen molar-refractivity contribution in [3.63, 3.8) is 0 Å². The van der Waals surface area contributed by atoms with Gasteiger partial charge in [-0.3, -0.25) is 0 Å². The molecule has 0 aromatic carbocycles. The molecule has 1 aliphatic carbocycles. The van der Waals surface area contributed by atoms with Gasteiger partial charge in [-0.1, -0.05) is 25.7 Å². The third kappa shape index (κ3) is 6.39.